The zero-order valence-electron chi connectivity index (χ0n) is 15.8. The fourth-order valence-corrected chi connectivity index (χ4v) is 3.85. The predicted molar refractivity (Wildman–Crippen MR) is 106 cm³/mol. The SMILES string of the molecule is NCCN1CCN(CCCC(c2ccc(F)cc2)c2ccc(F)cc2)CC1. The Morgan fingerprint density at radius 1 is 0.741 bits per heavy atom. The van der Waals surface area contributed by atoms with E-state index in [1.165, 1.54) is 24.3 Å². The molecule has 1 saturated heterocycles. The molecule has 3 rings (SSSR count). The molecule has 1 aliphatic rings. The van der Waals surface area contributed by atoms with E-state index in [1.54, 1.807) is 0 Å². The standard InChI is InChI=1S/C22H29F2N3/c23-20-7-3-18(4-8-20)22(19-5-9-21(24)10-6-19)2-1-12-26-14-16-27(13-11-25)17-15-26/h3-10,22H,1-2,11-17,25H2. The summed E-state index contributed by atoms with van der Waals surface area (Å²) in [6.45, 7) is 7.07. The Kier molecular flexibility index (Phi) is 7.33. The first-order valence-corrected chi connectivity index (χ1v) is 9.81. The highest BCUT2D eigenvalue weighted by Gasteiger charge is 2.18. The van der Waals surface area contributed by atoms with Crippen LogP contribution in [0.25, 0.3) is 0 Å². The highest BCUT2D eigenvalue weighted by atomic mass is 19.1. The third-order valence-corrected chi connectivity index (χ3v) is 5.42. The van der Waals surface area contributed by atoms with E-state index in [9.17, 15) is 8.78 Å². The molecule has 0 amide bonds. The predicted octanol–water partition coefficient (Wildman–Crippen LogP) is 3.45. The third kappa shape index (κ3) is 5.83. The number of hydrogen-bond acceptors (Lipinski definition) is 3. The minimum absolute atomic E-state index is 0.157. The van der Waals surface area contributed by atoms with Gasteiger partial charge in [-0.25, -0.2) is 8.78 Å². The summed E-state index contributed by atoms with van der Waals surface area (Å²) in [7, 11) is 0. The van der Waals surface area contributed by atoms with Gasteiger partial charge >= 0.3 is 0 Å². The number of rotatable bonds is 8. The molecule has 0 aromatic heterocycles. The van der Waals surface area contributed by atoms with Crippen molar-refractivity contribution in [3.63, 3.8) is 0 Å². The van der Waals surface area contributed by atoms with Crippen LogP contribution in [0.4, 0.5) is 8.78 Å². The van der Waals surface area contributed by atoms with Crippen LogP contribution in [0.1, 0.15) is 29.9 Å². The Morgan fingerprint density at radius 2 is 1.19 bits per heavy atom. The van der Waals surface area contributed by atoms with Gasteiger partial charge in [0, 0.05) is 45.2 Å². The molecular formula is C22H29F2N3. The summed E-state index contributed by atoms with van der Waals surface area (Å²) < 4.78 is 26.6. The van der Waals surface area contributed by atoms with Crippen molar-refractivity contribution < 1.29 is 8.78 Å². The van der Waals surface area contributed by atoms with Crippen LogP contribution in [0.3, 0.4) is 0 Å². The summed E-state index contributed by atoms with van der Waals surface area (Å²) in [4.78, 5) is 4.91. The molecule has 0 radical (unpaired) electrons. The molecule has 2 aromatic rings. The molecule has 1 fully saturated rings. The van der Waals surface area contributed by atoms with Crippen LogP contribution in [0.5, 0.6) is 0 Å². The number of halogens is 2. The monoisotopic (exact) mass is 373 g/mol. The van der Waals surface area contributed by atoms with Crippen LogP contribution >= 0.6 is 0 Å². The minimum atomic E-state index is -0.230. The Morgan fingerprint density at radius 3 is 1.63 bits per heavy atom. The van der Waals surface area contributed by atoms with Crippen molar-refractivity contribution in [3.8, 4) is 0 Å². The summed E-state index contributed by atoms with van der Waals surface area (Å²) in [5.41, 5.74) is 7.79. The summed E-state index contributed by atoms with van der Waals surface area (Å²) in [6, 6.07) is 13.4. The molecule has 0 atom stereocenters. The van der Waals surface area contributed by atoms with Crippen LogP contribution < -0.4 is 5.73 Å². The molecule has 0 spiro atoms. The highest BCUT2D eigenvalue weighted by molar-refractivity contribution is 5.32. The molecule has 0 unspecified atom stereocenters. The molecule has 3 nitrogen and oxygen atoms in total. The second-order valence-corrected chi connectivity index (χ2v) is 7.27. The zero-order valence-corrected chi connectivity index (χ0v) is 15.8. The fourth-order valence-electron chi connectivity index (χ4n) is 3.85. The largest absolute Gasteiger partial charge is 0.329 e. The van der Waals surface area contributed by atoms with Gasteiger partial charge in [0.25, 0.3) is 0 Å². The zero-order chi connectivity index (χ0) is 19.1. The van der Waals surface area contributed by atoms with Crippen molar-refractivity contribution in [1.82, 2.24) is 9.80 Å². The van der Waals surface area contributed by atoms with E-state index in [2.05, 4.69) is 9.80 Å². The molecule has 2 N–H and O–H groups in total. The second kappa shape index (κ2) is 9.93. The average Bonchev–Trinajstić information content (AvgIpc) is 2.69. The van der Waals surface area contributed by atoms with Gasteiger partial charge in [0.05, 0.1) is 0 Å². The number of nitrogens with two attached hydrogens (primary N) is 1. The summed E-state index contributed by atoms with van der Waals surface area (Å²) in [5.74, 6) is -0.302. The average molecular weight is 373 g/mol. The smallest absolute Gasteiger partial charge is 0.123 e. The molecule has 0 aliphatic carbocycles. The Hall–Kier alpha value is -1.82. The van der Waals surface area contributed by atoms with Crippen LogP contribution in [0.2, 0.25) is 0 Å². The van der Waals surface area contributed by atoms with Crippen molar-refractivity contribution in [2.24, 2.45) is 5.73 Å². The van der Waals surface area contributed by atoms with Gasteiger partial charge in [-0.15, -0.1) is 0 Å². The van der Waals surface area contributed by atoms with Gasteiger partial charge in [0.2, 0.25) is 0 Å². The van der Waals surface area contributed by atoms with Gasteiger partial charge in [0.1, 0.15) is 11.6 Å². The Balaban J connectivity index is 1.59. The van der Waals surface area contributed by atoms with Crippen molar-refractivity contribution in [3.05, 3.63) is 71.3 Å². The summed E-state index contributed by atoms with van der Waals surface area (Å²) in [5, 5.41) is 0. The first kappa shape index (κ1) is 19.9. The van der Waals surface area contributed by atoms with Crippen molar-refractivity contribution in [2.45, 2.75) is 18.8 Å². The Labute approximate surface area is 160 Å². The first-order chi connectivity index (χ1) is 13.2. The van der Waals surface area contributed by atoms with Gasteiger partial charge in [-0.3, -0.25) is 4.90 Å². The molecule has 2 aromatic carbocycles. The van der Waals surface area contributed by atoms with Crippen molar-refractivity contribution >= 4 is 0 Å². The first-order valence-electron chi connectivity index (χ1n) is 9.81. The topological polar surface area (TPSA) is 32.5 Å². The van der Waals surface area contributed by atoms with Crippen LogP contribution in [-0.2, 0) is 0 Å². The molecule has 1 aliphatic heterocycles. The van der Waals surface area contributed by atoms with E-state index in [4.69, 9.17) is 5.73 Å². The van der Waals surface area contributed by atoms with E-state index < -0.39 is 0 Å². The highest BCUT2D eigenvalue weighted by Crippen LogP contribution is 2.29. The van der Waals surface area contributed by atoms with Crippen molar-refractivity contribution in [2.75, 3.05) is 45.8 Å². The molecule has 27 heavy (non-hydrogen) atoms. The van der Waals surface area contributed by atoms with E-state index in [1.807, 2.05) is 24.3 Å². The van der Waals surface area contributed by atoms with Gasteiger partial charge in [-0.2, -0.15) is 0 Å². The molecular weight excluding hydrogens is 344 g/mol. The van der Waals surface area contributed by atoms with Gasteiger partial charge in [-0.05, 0) is 54.8 Å². The van der Waals surface area contributed by atoms with E-state index in [-0.39, 0.29) is 17.6 Å². The molecule has 5 heteroatoms. The summed E-state index contributed by atoms with van der Waals surface area (Å²) >= 11 is 0. The van der Waals surface area contributed by atoms with Crippen LogP contribution in [0, 0.1) is 11.6 Å². The van der Waals surface area contributed by atoms with E-state index in [0.29, 0.717) is 0 Å². The maximum absolute atomic E-state index is 13.3. The molecule has 0 saturated carbocycles. The van der Waals surface area contributed by atoms with E-state index >= 15 is 0 Å². The lowest BCUT2D eigenvalue weighted by Crippen LogP contribution is -2.47. The quantitative estimate of drug-likeness (QED) is 0.769. The number of nitrogens with zero attached hydrogens (tertiary/aromatic N) is 2. The molecule has 0 bridgehead atoms. The number of piperazine rings is 1. The fraction of sp³-hybridized carbons (Fsp3) is 0.455. The lowest BCUT2D eigenvalue weighted by atomic mass is 9.87. The van der Waals surface area contributed by atoms with E-state index in [0.717, 1.165) is 69.8 Å². The van der Waals surface area contributed by atoms with Gasteiger partial charge in [0.15, 0.2) is 0 Å². The Bertz CT molecular complexity index is 634. The number of benzene rings is 2. The minimum Gasteiger partial charge on any atom is -0.329 e. The summed E-state index contributed by atoms with van der Waals surface area (Å²) in [6.07, 6.45) is 2.01. The number of hydrogen-bond donors (Lipinski definition) is 1. The van der Waals surface area contributed by atoms with Crippen LogP contribution in [-0.4, -0.2) is 55.6 Å². The maximum Gasteiger partial charge on any atom is 0.123 e. The van der Waals surface area contributed by atoms with Gasteiger partial charge < -0.3 is 10.6 Å². The van der Waals surface area contributed by atoms with Crippen molar-refractivity contribution in [1.29, 1.82) is 0 Å². The lowest BCUT2D eigenvalue weighted by Gasteiger charge is -2.34. The third-order valence-electron chi connectivity index (χ3n) is 5.42. The maximum atomic E-state index is 13.3. The van der Waals surface area contributed by atoms with Gasteiger partial charge in [-0.1, -0.05) is 24.3 Å². The lowest BCUT2D eigenvalue weighted by molar-refractivity contribution is 0.133. The van der Waals surface area contributed by atoms with Crippen LogP contribution in [0.15, 0.2) is 48.5 Å². The normalized spacial score (nSPS) is 16.1. The second-order valence-electron chi connectivity index (χ2n) is 7.27. The molecule has 146 valence electrons. The molecule has 1 heterocycles.